The van der Waals surface area contributed by atoms with Crippen LogP contribution in [0, 0.1) is 18.1 Å². The van der Waals surface area contributed by atoms with Crippen molar-refractivity contribution in [1.82, 2.24) is 0 Å². The normalized spacial score (nSPS) is 15.7. The van der Waals surface area contributed by atoms with Crippen molar-refractivity contribution >= 4 is 0 Å². The van der Waals surface area contributed by atoms with E-state index in [9.17, 15) is 8.78 Å². The molecule has 1 atom stereocenters. The van der Waals surface area contributed by atoms with Gasteiger partial charge < -0.3 is 4.74 Å². The van der Waals surface area contributed by atoms with Crippen LogP contribution < -0.4 is 4.74 Å². The predicted molar refractivity (Wildman–Crippen MR) is 94.4 cm³/mol. The third-order valence-corrected chi connectivity index (χ3v) is 4.47. The molecule has 0 saturated carbocycles. The van der Waals surface area contributed by atoms with Gasteiger partial charge in [-0.3, -0.25) is 0 Å². The second-order valence-corrected chi connectivity index (χ2v) is 6.20. The molecule has 1 aliphatic rings. The molecule has 1 heterocycles. The second kappa shape index (κ2) is 6.67. The molecule has 0 N–H and O–H groups in total. The van der Waals surface area contributed by atoms with Crippen LogP contribution in [0.5, 0.6) is 5.75 Å². The zero-order chi connectivity index (χ0) is 17.2. The molecule has 3 aromatic rings. The highest BCUT2D eigenvalue weighted by atomic mass is 19.1. The van der Waals surface area contributed by atoms with Gasteiger partial charge in [0.1, 0.15) is 23.5 Å². The average molecular weight is 335 g/mol. The number of hydrogen-bond donors (Lipinski definition) is 0. The number of rotatable bonds is 4. The first-order valence-corrected chi connectivity index (χ1v) is 8.32. The van der Waals surface area contributed by atoms with Gasteiger partial charge in [0, 0.05) is 30.0 Å². The minimum atomic E-state index is -0.580. The Morgan fingerprint density at radius 1 is 0.920 bits per heavy atom. The summed E-state index contributed by atoms with van der Waals surface area (Å²) in [5.41, 5.74) is 3.31. The fourth-order valence-electron chi connectivity index (χ4n) is 3.23. The van der Waals surface area contributed by atoms with Gasteiger partial charge in [0.15, 0.2) is 0 Å². The minimum Gasteiger partial charge on any atom is -0.489 e. The van der Waals surface area contributed by atoms with Gasteiger partial charge in [0.05, 0.1) is 0 Å². The zero-order valence-corrected chi connectivity index (χ0v) is 13.6. The van der Waals surface area contributed by atoms with Crippen LogP contribution in [0.1, 0.15) is 11.1 Å². The Hall–Kier alpha value is -2.68. The molecule has 0 saturated heterocycles. The predicted octanol–water partition coefficient (Wildman–Crippen LogP) is 5.38. The summed E-state index contributed by atoms with van der Waals surface area (Å²) in [6, 6.07) is 19.5. The van der Waals surface area contributed by atoms with Crippen molar-refractivity contribution in [1.29, 1.82) is 0 Å². The summed E-state index contributed by atoms with van der Waals surface area (Å²) in [5.74, 6) is -0.458. The summed E-state index contributed by atoms with van der Waals surface area (Å²) in [5, 5.41) is 0. The second-order valence-electron chi connectivity index (χ2n) is 6.20. The molecular formula is C22H17F2O. The summed E-state index contributed by atoms with van der Waals surface area (Å²) in [4.78, 5) is 0. The average Bonchev–Trinajstić information content (AvgIpc) is 3.04. The molecular weight excluding hydrogens is 318 g/mol. The van der Waals surface area contributed by atoms with Crippen LogP contribution in [0.2, 0.25) is 0 Å². The van der Waals surface area contributed by atoms with E-state index >= 15 is 0 Å². The maximum Gasteiger partial charge on any atom is 0.134 e. The van der Waals surface area contributed by atoms with E-state index < -0.39 is 11.6 Å². The molecule has 1 nitrogen and oxygen atoms in total. The summed E-state index contributed by atoms with van der Waals surface area (Å²) in [6.07, 6.45) is 3.68. The lowest BCUT2D eigenvalue weighted by Crippen LogP contribution is -2.14. The standard InChI is InChI=1S/C22H17F2O/c23-17-10-12-19(21(24)14-17)20-8-4-7-16-13-18(25-22(16)20)11-9-15-5-2-1-3-6-15/h1-8,10-12,14,18H,9,13H2. The van der Waals surface area contributed by atoms with Gasteiger partial charge in [0.2, 0.25) is 0 Å². The van der Waals surface area contributed by atoms with Gasteiger partial charge in [-0.05, 0) is 29.7 Å². The fourth-order valence-corrected chi connectivity index (χ4v) is 3.23. The van der Waals surface area contributed by atoms with Crippen LogP contribution in [0.15, 0.2) is 66.7 Å². The first-order chi connectivity index (χ1) is 12.2. The molecule has 0 aliphatic carbocycles. The largest absolute Gasteiger partial charge is 0.489 e. The van der Waals surface area contributed by atoms with E-state index in [1.807, 2.05) is 36.4 Å². The van der Waals surface area contributed by atoms with Crippen LogP contribution in [0.25, 0.3) is 11.1 Å². The van der Waals surface area contributed by atoms with Crippen molar-refractivity contribution in [3.05, 3.63) is 95.9 Å². The highest BCUT2D eigenvalue weighted by Crippen LogP contribution is 2.40. The number of hydrogen-bond acceptors (Lipinski definition) is 1. The highest BCUT2D eigenvalue weighted by molar-refractivity contribution is 5.73. The molecule has 0 fully saturated rings. The van der Waals surface area contributed by atoms with Gasteiger partial charge in [-0.2, -0.15) is 0 Å². The topological polar surface area (TPSA) is 9.23 Å². The van der Waals surface area contributed by atoms with Gasteiger partial charge in [0.25, 0.3) is 0 Å². The third-order valence-electron chi connectivity index (χ3n) is 4.47. The van der Waals surface area contributed by atoms with Crippen molar-refractivity contribution in [2.24, 2.45) is 0 Å². The molecule has 0 spiro atoms. The van der Waals surface area contributed by atoms with Gasteiger partial charge >= 0.3 is 0 Å². The van der Waals surface area contributed by atoms with Crippen LogP contribution in [-0.4, -0.2) is 6.10 Å². The summed E-state index contributed by atoms with van der Waals surface area (Å²) in [7, 11) is 0. The highest BCUT2D eigenvalue weighted by Gasteiger charge is 2.26. The van der Waals surface area contributed by atoms with Crippen molar-refractivity contribution in [3.63, 3.8) is 0 Å². The Bertz CT molecular complexity index is 890. The van der Waals surface area contributed by atoms with Crippen molar-refractivity contribution in [2.45, 2.75) is 18.9 Å². The van der Waals surface area contributed by atoms with E-state index in [1.54, 1.807) is 0 Å². The van der Waals surface area contributed by atoms with Crippen molar-refractivity contribution in [3.8, 4) is 16.9 Å². The number of para-hydroxylation sites is 1. The molecule has 1 unspecified atom stereocenters. The third kappa shape index (κ3) is 3.27. The van der Waals surface area contributed by atoms with E-state index in [2.05, 4.69) is 18.6 Å². The maximum atomic E-state index is 14.2. The van der Waals surface area contributed by atoms with E-state index in [1.165, 1.54) is 17.7 Å². The fraction of sp³-hybridized carbons (Fsp3) is 0.136. The molecule has 0 aromatic heterocycles. The minimum absolute atomic E-state index is 0.0418. The molecule has 125 valence electrons. The van der Waals surface area contributed by atoms with Crippen molar-refractivity contribution in [2.75, 3.05) is 0 Å². The molecule has 3 aromatic carbocycles. The SMILES string of the molecule is Fc1ccc(-c2cccc3c2OC([CH]Cc2ccccc2)C3)c(F)c1. The number of benzene rings is 3. The Morgan fingerprint density at radius 3 is 2.56 bits per heavy atom. The Labute approximate surface area is 145 Å². The van der Waals surface area contributed by atoms with E-state index in [-0.39, 0.29) is 6.10 Å². The number of halogens is 2. The monoisotopic (exact) mass is 335 g/mol. The van der Waals surface area contributed by atoms with E-state index in [4.69, 9.17) is 4.74 Å². The maximum absolute atomic E-state index is 14.2. The molecule has 4 rings (SSSR count). The summed E-state index contributed by atoms with van der Waals surface area (Å²) < 4.78 is 33.4. The van der Waals surface area contributed by atoms with Crippen LogP contribution in [0.3, 0.4) is 0 Å². The molecule has 3 heteroatoms. The van der Waals surface area contributed by atoms with Gasteiger partial charge in [-0.15, -0.1) is 0 Å². The van der Waals surface area contributed by atoms with Crippen LogP contribution in [-0.2, 0) is 12.8 Å². The Balaban J connectivity index is 1.55. The molecule has 25 heavy (non-hydrogen) atoms. The summed E-state index contributed by atoms with van der Waals surface area (Å²) in [6.45, 7) is 0. The first kappa shape index (κ1) is 15.8. The number of fused-ring (bicyclic) bond motifs is 1. The van der Waals surface area contributed by atoms with Crippen LogP contribution in [0.4, 0.5) is 8.78 Å². The quantitative estimate of drug-likeness (QED) is 0.622. The summed E-state index contributed by atoms with van der Waals surface area (Å²) >= 11 is 0. The van der Waals surface area contributed by atoms with Gasteiger partial charge in [-0.1, -0.05) is 48.5 Å². The number of ether oxygens (including phenoxy) is 1. The lowest BCUT2D eigenvalue weighted by molar-refractivity contribution is 0.264. The molecule has 1 radical (unpaired) electrons. The smallest absolute Gasteiger partial charge is 0.134 e. The first-order valence-electron chi connectivity index (χ1n) is 8.32. The Morgan fingerprint density at radius 2 is 1.76 bits per heavy atom. The molecule has 0 amide bonds. The Kier molecular flexibility index (Phi) is 4.22. The van der Waals surface area contributed by atoms with E-state index in [0.29, 0.717) is 16.9 Å². The molecule has 0 bridgehead atoms. The lowest BCUT2D eigenvalue weighted by Gasteiger charge is -2.13. The molecule has 1 aliphatic heterocycles. The van der Waals surface area contributed by atoms with Crippen LogP contribution >= 0.6 is 0 Å². The lowest BCUT2D eigenvalue weighted by atomic mass is 9.99. The van der Waals surface area contributed by atoms with Gasteiger partial charge in [-0.25, -0.2) is 8.78 Å². The zero-order valence-electron chi connectivity index (χ0n) is 13.6. The van der Waals surface area contributed by atoms with E-state index in [0.717, 1.165) is 24.5 Å². The van der Waals surface area contributed by atoms with Crippen molar-refractivity contribution < 1.29 is 13.5 Å².